The highest BCUT2D eigenvalue weighted by atomic mass is 27.2. The van der Waals surface area contributed by atoms with E-state index in [0.29, 0.717) is 0 Å². The molecular formula is C9H24AlN. The number of hydrogen-bond acceptors (Lipinski definition) is 1. The van der Waals surface area contributed by atoms with Crippen LogP contribution < -0.4 is 0 Å². The lowest BCUT2D eigenvalue weighted by atomic mass is 10.9. The minimum atomic E-state index is -0.171. The highest BCUT2D eigenvalue weighted by Gasteiger charge is 2.05. The summed E-state index contributed by atoms with van der Waals surface area (Å²) in [5.74, 6) is 0. The molecule has 0 radical (unpaired) electrons. The first-order valence-electron chi connectivity index (χ1n) is 4.69. The molecule has 0 heterocycles. The smallest absolute Gasteiger partial charge is 0.261 e. The van der Waals surface area contributed by atoms with Crippen molar-refractivity contribution in [2.75, 3.05) is 21.1 Å². The quantitative estimate of drug-likeness (QED) is 0.593. The second kappa shape index (κ2) is 10.5. The first-order valence-corrected chi connectivity index (χ1v) is 7.14. The fraction of sp³-hybridized carbons (Fsp3) is 1.00. The SMILES string of the molecule is CN(C)C.C[CH2][Al]([CH2]C)[CH2]C. The third-order valence-corrected chi connectivity index (χ3v) is 5.20. The molecule has 1 nitrogen and oxygen atoms in total. The second-order valence-electron chi connectivity index (χ2n) is 3.43. The molecule has 2 heteroatoms. The molecule has 0 amide bonds. The molecule has 0 fully saturated rings. The van der Waals surface area contributed by atoms with Crippen molar-refractivity contribution in [1.29, 1.82) is 0 Å². The van der Waals surface area contributed by atoms with Crippen LogP contribution in [-0.2, 0) is 0 Å². The van der Waals surface area contributed by atoms with Crippen LogP contribution in [0.25, 0.3) is 0 Å². The van der Waals surface area contributed by atoms with Gasteiger partial charge in [-0.05, 0) is 21.1 Å². The average molecular weight is 173 g/mol. The van der Waals surface area contributed by atoms with Crippen molar-refractivity contribution in [3.8, 4) is 0 Å². The predicted molar refractivity (Wildman–Crippen MR) is 56.8 cm³/mol. The largest absolute Gasteiger partial charge is 0.312 e. The second-order valence-corrected chi connectivity index (χ2v) is 7.61. The van der Waals surface area contributed by atoms with Gasteiger partial charge in [-0.3, -0.25) is 0 Å². The Morgan fingerprint density at radius 2 is 1.00 bits per heavy atom. The number of nitrogens with zero attached hydrogens (tertiary/aromatic N) is 1. The van der Waals surface area contributed by atoms with Crippen LogP contribution >= 0.6 is 0 Å². The maximum Gasteiger partial charge on any atom is 0.261 e. The lowest BCUT2D eigenvalue weighted by Crippen LogP contribution is -2.04. The zero-order valence-electron chi connectivity index (χ0n) is 9.15. The molecule has 0 atom stereocenters. The van der Waals surface area contributed by atoms with Crippen LogP contribution in [0.4, 0.5) is 0 Å². The van der Waals surface area contributed by atoms with E-state index in [1.54, 1.807) is 0 Å². The maximum atomic E-state index is 2.32. The molecule has 0 saturated carbocycles. The average Bonchev–Trinajstić information content (AvgIpc) is 1.90. The van der Waals surface area contributed by atoms with E-state index in [1.807, 2.05) is 26.0 Å². The van der Waals surface area contributed by atoms with Crippen molar-refractivity contribution < 1.29 is 0 Å². The molecule has 0 bridgehead atoms. The minimum Gasteiger partial charge on any atom is -0.312 e. The molecule has 0 spiro atoms. The molecule has 0 saturated heterocycles. The first kappa shape index (κ1) is 14.0. The third kappa shape index (κ3) is 18.0. The Labute approximate surface area is 77.2 Å². The van der Waals surface area contributed by atoms with E-state index in [4.69, 9.17) is 0 Å². The molecule has 0 unspecified atom stereocenters. The summed E-state index contributed by atoms with van der Waals surface area (Å²) in [5.41, 5.74) is 0. The van der Waals surface area contributed by atoms with Gasteiger partial charge in [-0.1, -0.05) is 36.6 Å². The Kier molecular flexibility index (Phi) is 13.4. The highest BCUT2D eigenvalue weighted by molar-refractivity contribution is 6.58. The Morgan fingerprint density at radius 3 is 1.00 bits per heavy atom. The van der Waals surface area contributed by atoms with Crippen molar-refractivity contribution in [2.24, 2.45) is 0 Å². The van der Waals surface area contributed by atoms with Gasteiger partial charge in [0.15, 0.2) is 0 Å². The van der Waals surface area contributed by atoms with E-state index in [2.05, 4.69) is 20.8 Å². The van der Waals surface area contributed by atoms with Crippen molar-refractivity contribution in [2.45, 2.75) is 36.6 Å². The Hall–Kier alpha value is 0.492. The van der Waals surface area contributed by atoms with E-state index < -0.39 is 0 Å². The van der Waals surface area contributed by atoms with Gasteiger partial charge in [0.05, 0.1) is 0 Å². The summed E-state index contributed by atoms with van der Waals surface area (Å²) in [5, 5.41) is 4.48. The fourth-order valence-electron chi connectivity index (χ4n) is 0.866. The van der Waals surface area contributed by atoms with E-state index >= 15 is 0 Å². The van der Waals surface area contributed by atoms with Gasteiger partial charge in [-0.15, -0.1) is 0 Å². The van der Waals surface area contributed by atoms with Crippen LogP contribution in [-0.4, -0.2) is 40.2 Å². The Bertz CT molecular complexity index is 52.3. The highest BCUT2D eigenvalue weighted by Crippen LogP contribution is 2.01. The van der Waals surface area contributed by atoms with Gasteiger partial charge in [0.25, 0.3) is 14.1 Å². The van der Waals surface area contributed by atoms with Crippen molar-refractivity contribution in [3.05, 3.63) is 0 Å². The normalized spacial score (nSPS) is 9.00. The number of hydrogen-bond donors (Lipinski definition) is 0. The van der Waals surface area contributed by atoms with Crippen LogP contribution in [0, 0.1) is 0 Å². The van der Waals surface area contributed by atoms with E-state index in [1.165, 1.54) is 15.8 Å². The maximum absolute atomic E-state index is 2.32. The summed E-state index contributed by atoms with van der Waals surface area (Å²) in [6, 6.07) is 0. The van der Waals surface area contributed by atoms with E-state index in [-0.39, 0.29) is 14.1 Å². The molecule has 0 N–H and O–H groups in total. The fourth-order valence-corrected chi connectivity index (χ4v) is 2.60. The van der Waals surface area contributed by atoms with E-state index in [9.17, 15) is 0 Å². The van der Waals surface area contributed by atoms with Gasteiger partial charge in [0.2, 0.25) is 0 Å². The van der Waals surface area contributed by atoms with Gasteiger partial charge >= 0.3 is 0 Å². The molecular weight excluding hydrogens is 149 g/mol. The zero-order valence-corrected chi connectivity index (χ0v) is 10.3. The summed E-state index contributed by atoms with van der Waals surface area (Å²) < 4.78 is 0. The standard InChI is InChI=1S/C3H9N.3C2H5.Al/c1-4(2)3;3*1-2;/h1-3H3;3*1H2,2H3;. The summed E-state index contributed by atoms with van der Waals surface area (Å²) >= 11 is -0.171. The molecule has 11 heavy (non-hydrogen) atoms. The number of rotatable bonds is 3. The third-order valence-electron chi connectivity index (χ3n) is 1.73. The van der Waals surface area contributed by atoms with Crippen LogP contribution in [0.3, 0.4) is 0 Å². The molecule has 0 aromatic carbocycles. The van der Waals surface area contributed by atoms with E-state index in [0.717, 1.165) is 0 Å². The molecule has 0 aliphatic heterocycles. The van der Waals surface area contributed by atoms with Crippen molar-refractivity contribution in [3.63, 3.8) is 0 Å². The van der Waals surface area contributed by atoms with Gasteiger partial charge in [-0.2, -0.15) is 0 Å². The zero-order chi connectivity index (χ0) is 9.28. The predicted octanol–water partition coefficient (Wildman–Crippen LogP) is 2.72. The van der Waals surface area contributed by atoms with Gasteiger partial charge in [0, 0.05) is 0 Å². The molecule has 0 aliphatic carbocycles. The summed E-state index contributed by atoms with van der Waals surface area (Å²) in [6.45, 7) is 6.97. The topological polar surface area (TPSA) is 3.24 Å². The lowest BCUT2D eigenvalue weighted by Gasteiger charge is -1.97. The summed E-state index contributed by atoms with van der Waals surface area (Å²) in [4.78, 5) is 2.00. The Morgan fingerprint density at radius 1 is 0.818 bits per heavy atom. The molecule has 0 aromatic rings. The molecule has 0 rings (SSSR count). The van der Waals surface area contributed by atoms with Gasteiger partial charge in [-0.25, -0.2) is 0 Å². The minimum absolute atomic E-state index is 0.171. The van der Waals surface area contributed by atoms with Crippen LogP contribution in [0.15, 0.2) is 0 Å². The monoisotopic (exact) mass is 173 g/mol. The van der Waals surface area contributed by atoms with Crippen LogP contribution in [0.2, 0.25) is 15.8 Å². The summed E-state index contributed by atoms with van der Waals surface area (Å²) in [7, 11) is 6.00. The van der Waals surface area contributed by atoms with Crippen LogP contribution in [0.1, 0.15) is 20.8 Å². The van der Waals surface area contributed by atoms with Crippen molar-refractivity contribution in [1.82, 2.24) is 4.90 Å². The first-order chi connectivity index (χ1) is 5.08. The van der Waals surface area contributed by atoms with Gasteiger partial charge < -0.3 is 4.90 Å². The summed E-state index contributed by atoms with van der Waals surface area (Å²) in [6.07, 6.45) is 0. The molecule has 0 aliphatic rings. The molecule has 0 aromatic heterocycles. The van der Waals surface area contributed by atoms with Crippen molar-refractivity contribution >= 4 is 14.1 Å². The lowest BCUT2D eigenvalue weighted by molar-refractivity contribution is 0.505. The Balaban J connectivity index is 0. The van der Waals surface area contributed by atoms with Gasteiger partial charge in [0.1, 0.15) is 0 Å². The van der Waals surface area contributed by atoms with Crippen LogP contribution in [0.5, 0.6) is 0 Å². The molecule has 68 valence electrons.